The molecule has 0 radical (unpaired) electrons. The van der Waals surface area contributed by atoms with Crippen LogP contribution in [0.15, 0.2) is 5.38 Å². The average Bonchev–Trinajstić information content (AvgIpc) is 2.43. The Morgan fingerprint density at radius 1 is 1.77 bits per heavy atom. The molecule has 1 aromatic heterocycles. The lowest BCUT2D eigenvalue weighted by Gasteiger charge is -2.01. The van der Waals surface area contributed by atoms with Gasteiger partial charge in [0.1, 0.15) is 6.61 Å². The molecule has 0 aliphatic heterocycles. The maximum atomic E-state index is 10.5. The number of primary amides is 1. The molecule has 70 valence electrons. The Morgan fingerprint density at radius 3 is 3.00 bits per heavy atom. The van der Waals surface area contributed by atoms with E-state index in [1.165, 1.54) is 11.3 Å². The third-order valence-electron chi connectivity index (χ3n) is 1.60. The van der Waals surface area contributed by atoms with E-state index in [2.05, 4.69) is 4.74 Å². The zero-order valence-electron chi connectivity index (χ0n) is 7.07. The fourth-order valence-corrected chi connectivity index (χ4v) is 1.78. The van der Waals surface area contributed by atoms with Crippen LogP contribution >= 0.6 is 11.3 Å². The molecule has 0 aliphatic rings. The Labute approximate surface area is 79.3 Å². The number of rotatable bonds is 3. The van der Waals surface area contributed by atoms with Gasteiger partial charge in [-0.05, 0) is 17.9 Å². The summed E-state index contributed by atoms with van der Waals surface area (Å²) in [6.45, 7) is 1.92. The topological polar surface area (TPSA) is 69.4 Å². The maximum Gasteiger partial charge on any atom is 0.404 e. The summed E-state index contributed by atoms with van der Waals surface area (Å²) in [5.74, 6) is 0. The monoisotopic (exact) mass is 199 g/mol. The second kappa shape index (κ2) is 4.04. The Kier molecular flexibility index (Phi) is 3.02. The van der Waals surface area contributed by atoms with Crippen LogP contribution in [0.25, 0.3) is 0 Å². The average molecular weight is 199 g/mol. The molecule has 1 amide bonds. The Hall–Kier alpha value is -1.36. The van der Waals surface area contributed by atoms with Gasteiger partial charge in [0.15, 0.2) is 6.29 Å². The molecule has 0 fully saturated rings. The molecule has 1 rings (SSSR count). The highest BCUT2D eigenvalue weighted by Gasteiger charge is 2.09. The summed E-state index contributed by atoms with van der Waals surface area (Å²) in [6.07, 6.45) is -0.0837. The molecular weight excluding hydrogens is 190 g/mol. The number of hydrogen-bond donors (Lipinski definition) is 1. The highest BCUT2D eigenvalue weighted by atomic mass is 32.1. The van der Waals surface area contributed by atoms with E-state index in [-0.39, 0.29) is 6.61 Å². The van der Waals surface area contributed by atoms with E-state index in [1.807, 2.05) is 12.3 Å². The second-order valence-corrected chi connectivity index (χ2v) is 3.40. The Bertz CT molecular complexity index is 332. The summed E-state index contributed by atoms with van der Waals surface area (Å²) in [7, 11) is 0. The Morgan fingerprint density at radius 2 is 2.46 bits per heavy atom. The third kappa shape index (κ3) is 2.29. The van der Waals surface area contributed by atoms with Crippen molar-refractivity contribution < 1.29 is 14.3 Å². The van der Waals surface area contributed by atoms with Crippen LogP contribution < -0.4 is 5.73 Å². The van der Waals surface area contributed by atoms with Gasteiger partial charge < -0.3 is 10.5 Å². The van der Waals surface area contributed by atoms with E-state index >= 15 is 0 Å². The van der Waals surface area contributed by atoms with Crippen molar-refractivity contribution in [3.05, 3.63) is 21.4 Å². The van der Waals surface area contributed by atoms with Crippen LogP contribution in [0.1, 0.15) is 20.8 Å². The van der Waals surface area contributed by atoms with Gasteiger partial charge in [-0.25, -0.2) is 4.79 Å². The first-order chi connectivity index (χ1) is 6.15. The van der Waals surface area contributed by atoms with Crippen LogP contribution in [-0.2, 0) is 11.3 Å². The van der Waals surface area contributed by atoms with Gasteiger partial charge in [0.05, 0.1) is 4.88 Å². The SMILES string of the molecule is Cc1csc(C=O)c1COC(N)=O. The molecule has 0 saturated carbocycles. The molecule has 0 spiro atoms. The van der Waals surface area contributed by atoms with Gasteiger partial charge >= 0.3 is 6.09 Å². The minimum atomic E-state index is -0.831. The van der Waals surface area contributed by atoms with Gasteiger partial charge in [-0.2, -0.15) is 0 Å². The number of aldehydes is 1. The fraction of sp³-hybridized carbons (Fsp3) is 0.250. The zero-order valence-corrected chi connectivity index (χ0v) is 7.89. The number of aryl methyl sites for hydroxylation is 1. The number of thiophene rings is 1. The van der Waals surface area contributed by atoms with Crippen molar-refractivity contribution in [2.75, 3.05) is 0 Å². The van der Waals surface area contributed by atoms with Crippen LogP contribution in [0.3, 0.4) is 0 Å². The van der Waals surface area contributed by atoms with Gasteiger partial charge in [0, 0.05) is 5.56 Å². The van der Waals surface area contributed by atoms with Crippen molar-refractivity contribution >= 4 is 23.7 Å². The molecule has 5 heteroatoms. The molecule has 13 heavy (non-hydrogen) atoms. The number of carbonyl (C=O) groups excluding carboxylic acids is 2. The van der Waals surface area contributed by atoms with Crippen LogP contribution in [0, 0.1) is 6.92 Å². The quantitative estimate of drug-likeness (QED) is 0.749. The van der Waals surface area contributed by atoms with Crippen molar-refractivity contribution in [3.8, 4) is 0 Å². The summed E-state index contributed by atoms with van der Waals surface area (Å²) in [6, 6.07) is 0. The van der Waals surface area contributed by atoms with E-state index < -0.39 is 6.09 Å². The van der Waals surface area contributed by atoms with Crippen molar-refractivity contribution in [1.29, 1.82) is 0 Å². The molecular formula is C8H9NO3S. The number of hydrogen-bond acceptors (Lipinski definition) is 4. The first kappa shape index (κ1) is 9.73. The number of nitrogens with two attached hydrogens (primary N) is 1. The normalized spacial score (nSPS) is 9.62. The highest BCUT2D eigenvalue weighted by Crippen LogP contribution is 2.20. The summed E-state index contributed by atoms with van der Waals surface area (Å²) < 4.78 is 4.60. The second-order valence-electron chi connectivity index (χ2n) is 2.49. The van der Waals surface area contributed by atoms with E-state index in [4.69, 9.17) is 5.73 Å². The third-order valence-corrected chi connectivity index (χ3v) is 2.67. The Balaban J connectivity index is 2.79. The zero-order chi connectivity index (χ0) is 9.84. The predicted molar refractivity (Wildman–Crippen MR) is 48.8 cm³/mol. The van der Waals surface area contributed by atoms with Crippen molar-refractivity contribution in [3.63, 3.8) is 0 Å². The minimum Gasteiger partial charge on any atom is -0.445 e. The van der Waals surface area contributed by atoms with Crippen LogP contribution in [0.4, 0.5) is 4.79 Å². The summed E-state index contributed by atoms with van der Waals surface area (Å²) in [5, 5.41) is 1.84. The van der Waals surface area contributed by atoms with Gasteiger partial charge in [0.2, 0.25) is 0 Å². The molecule has 2 N–H and O–H groups in total. The van der Waals surface area contributed by atoms with Crippen molar-refractivity contribution in [2.45, 2.75) is 13.5 Å². The fourth-order valence-electron chi connectivity index (χ4n) is 0.916. The van der Waals surface area contributed by atoms with E-state index in [9.17, 15) is 9.59 Å². The van der Waals surface area contributed by atoms with E-state index in [0.717, 1.165) is 17.4 Å². The van der Waals surface area contributed by atoms with Crippen LogP contribution in [-0.4, -0.2) is 12.4 Å². The molecule has 0 atom stereocenters. The highest BCUT2D eigenvalue weighted by molar-refractivity contribution is 7.12. The van der Waals surface area contributed by atoms with Gasteiger partial charge in [-0.15, -0.1) is 11.3 Å². The number of ether oxygens (including phenoxy) is 1. The van der Waals surface area contributed by atoms with Crippen LogP contribution in [0.5, 0.6) is 0 Å². The lowest BCUT2D eigenvalue weighted by molar-refractivity contribution is 0.112. The molecule has 0 aliphatic carbocycles. The van der Waals surface area contributed by atoms with Crippen molar-refractivity contribution in [2.24, 2.45) is 5.73 Å². The maximum absolute atomic E-state index is 10.5. The molecule has 0 unspecified atom stereocenters. The first-order valence-corrected chi connectivity index (χ1v) is 4.47. The number of amides is 1. The first-order valence-electron chi connectivity index (χ1n) is 3.59. The smallest absolute Gasteiger partial charge is 0.404 e. The van der Waals surface area contributed by atoms with E-state index in [0.29, 0.717) is 4.88 Å². The van der Waals surface area contributed by atoms with Gasteiger partial charge in [-0.1, -0.05) is 0 Å². The summed E-state index contributed by atoms with van der Waals surface area (Å²) in [4.78, 5) is 21.4. The minimum absolute atomic E-state index is 0.0682. The molecule has 1 heterocycles. The molecule has 1 aromatic rings. The van der Waals surface area contributed by atoms with E-state index in [1.54, 1.807) is 0 Å². The van der Waals surface area contributed by atoms with Gasteiger partial charge in [0.25, 0.3) is 0 Å². The number of carbonyl (C=O) groups is 2. The molecule has 4 nitrogen and oxygen atoms in total. The lowest BCUT2D eigenvalue weighted by atomic mass is 10.2. The predicted octanol–water partition coefficient (Wildman–Crippen LogP) is 1.46. The van der Waals surface area contributed by atoms with Gasteiger partial charge in [-0.3, -0.25) is 4.79 Å². The molecule has 0 aromatic carbocycles. The van der Waals surface area contributed by atoms with Crippen LogP contribution in [0.2, 0.25) is 0 Å². The largest absolute Gasteiger partial charge is 0.445 e. The molecule has 0 saturated heterocycles. The standard InChI is InChI=1S/C8H9NO3S/c1-5-4-13-7(2-10)6(5)3-12-8(9)11/h2,4H,3H2,1H3,(H2,9,11). The summed E-state index contributed by atoms with van der Waals surface area (Å²) in [5.41, 5.74) is 6.48. The summed E-state index contributed by atoms with van der Waals surface area (Å²) >= 11 is 1.33. The molecule has 0 bridgehead atoms. The van der Waals surface area contributed by atoms with Crippen molar-refractivity contribution in [1.82, 2.24) is 0 Å². The lowest BCUT2D eigenvalue weighted by Crippen LogP contribution is -2.13.